The molecule has 6 heteroatoms. The van der Waals surface area contributed by atoms with Gasteiger partial charge in [0.05, 0.1) is 0 Å². The molecule has 6 nitrogen and oxygen atoms in total. The van der Waals surface area contributed by atoms with E-state index in [2.05, 4.69) is 20.5 Å². The van der Waals surface area contributed by atoms with E-state index in [0.717, 1.165) is 0 Å². The van der Waals surface area contributed by atoms with Gasteiger partial charge in [0.1, 0.15) is 5.82 Å². The molecule has 0 saturated carbocycles. The minimum atomic E-state index is 0.417. The Balaban J connectivity index is 2.95. The number of rotatable bonds is 0. The molecule has 2 aromatic rings. The first-order valence-corrected chi connectivity index (χ1v) is 2.66. The van der Waals surface area contributed by atoms with Crippen LogP contribution in [0.15, 0.2) is 12.3 Å². The minimum Gasteiger partial charge on any atom is -0.383 e. The van der Waals surface area contributed by atoms with Crippen LogP contribution in [0.5, 0.6) is 0 Å². The van der Waals surface area contributed by atoms with E-state index < -0.39 is 0 Å². The van der Waals surface area contributed by atoms with Crippen LogP contribution in [-0.4, -0.2) is 25.0 Å². The van der Waals surface area contributed by atoms with Crippen LogP contribution in [0.3, 0.4) is 0 Å². The summed E-state index contributed by atoms with van der Waals surface area (Å²) in [4.78, 5) is 3.85. The Morgan fingerprint density at radius 1 is 1.50 bits per heavy atom. The van der Waals surface area contributed by atoms with Gasteiger partial charge in [-0.05, 0) is 16.5 Å². The topological polar surface area (TPSA) is 82.0 Å². The molecular formula is C4H4N6. The largest absolute Gasteiger partial charge is 0.383 e. The van der Waals surface area contributed by atoms with E-state index in [4.69, 9.17) is 5.73 Å². The predicted molar refractivity (Wildman–Crippen MR) is 33.0 cm³/mol. The lowest BCUT2D eigenvalue weighted by atomic mass is 10.6. The van der Waals surface area contributed by atoms with Crippen LogP contribution in [0.4, 0.5) is 5.82 Å². The van der Waals surface area contributed by atoms with Gasteiger partial charge in [0, 0.05) is 6.20 Å². The molecule has 0 aliphatic carbocycles. The van der Waals surface area contributed by atoms with E-state index in [-0.39, 0.29) is 0 Å². The molecule has 0 aliphatic rings. The summed E-state index contributed by atoms with van der Waals surface area (Å²) in [7, 11) is 0. The van der Waals surface area contributed by atoms with E-state index in [9.17, 15) is 0 Å². The fraction of sp³-hybridized carbons (Fsp3) is 0. The molecule has 0 amide bonds. The monoisotopic (exact) mass is 136 g/mol. The molecule has 50 valence electrons. The van der Waals surface area contributed by atoms with Crippen LogP contribution in [0.25, 0.3) is 5.78 Å². The molecule has 0 aliphatic heterocycles. The highest BCUT2D eigenvalue weighted by Crippen LogP contribution is 1.98. The summed E-state index contributed by atoms with van der Waals surface area (Å²) in [5.41, 5.74) is 5.48. The fourth-order valence-corrected chi connectivity index (χ4v) is 0.681. The van der Waals surface area contributed by atoms with E-state index >= 15 is 0 Å². The first-order chi connectivity index (χ1) is 4.88. The lowest BCUT2D eigenvalue weighted by Gasteiger charge is -1.90. The Hall–Kier alpha value is -1.72. The number of nitrogens with zero attached hydrogens (tertiary/aromatic N) is 5. The molecule has 2 aromatic heterocycles. The van der Waals surface area contributed by atoms with Crippen LogP contribution in [0.1, 0.15) is 0 Å². The third-order valence-electron chi connectivity index (χ3n) is 1.13. The highest BCUT2D eigenvalue weighted by Gasteiger charge is 1.97. The summed E-state index contributed by atoms with van der Waals surface area (Å²) in [6, 6.07) is 1.63. The van der Waals surface area contributed by atoms with Crippen molar-refractivity contribution in [3.8, 4) is 0 Å². The maximum absolute atomic E-state index is 5.48. The zero-order chi connectivity index (χ0) is 6.97. The van der Waals surface area contributed by atoms with Crippen LogP contribution in [0, 0.1) is 0 Å². The SMILES string of the molecule is Nc1ccnc2nnnn12. The molecule has 2 rings (SSSR count). The molecule has 0 unspecified atom stereocenters. The number of nitrogen functional groups attached to an aromatic ring is 1. The fourth-order valence-electron chi connectivity index (χ4n) is 0.681. The van der Waals surface area contributed by atoms with Crippen molar-refractivity contribution >= 4 is 11.6 Å². The molecule has 2 N–H and O–H groups in total. The first-order valence-electron chi connectivity index (χ1n) is 2.66. The summed E-state index contributed by atoms with van der Waals surface area (Å²) < 4.78 is 1.36. The number of hydrogen-bond donors (Lipinski definition) is 1. The maximum atomic E-state index is 5.48. The number of tetrazole rings is 1. The molecule has 0 aromatic carbocycles. The van der Waals surface area contributed by atoms with Crippen molar-refractivity contribution in [3.63, 3.8) is 0 Å². The van der Waals surface area contributed by atoms with E-state index in [1.165, 1.54) is 4.52 Å². The molecule has 0 bridgehead atoms. The van der Waals surface area contributed by atoms with Gasteiger partial charge >= 0.3 is 0 Å². The molecule has 0 radical (unpaired) electrons. The normalized spacial score (nSPS) is 10.4. The van der Waals surface area contributed by atoms with Crippen LogP contribution in [-0.2, 0) is 0 Å². The second-order valence-electron chi connectivity index (χ2n) is 1.76. The Morgan fingerprint density at radius 3 is 3.20 bits per heavy atom. The van der Waals surface area contributed by atoms with Gasteiger partial charge in [-0.3, -0.25) is 0 Å². The second kappa shape index (κ2) is 1.63. The third-order valence-corrected chi connectivity index (χ3v) is 1.13. The Kier molecular flexibility index (Phi) is 0.830. The molecule has 0 saturated heterocycles. The lowest BCUT2D eigenvalue weighted by Crippen LogP contribution is -1.98. The average Bonchev–Trinajstić information content (AvgIpc) is 2.36. The van der Waals surface area contributed by atoms with Gasteiger partial charge < -0.3 is 5.73 Å². The third kappa shape index (κ3) is 0.524. The van der Waals surface area contributed by atoms with Crippen molar-refractivity contribution in [3.05, 3.63) is 12.3 Å². The zero-order valence-corrected chi connectivity index (χ0v) is 4.97. The number of fused-ring (bicyclic) bond motifs is 1. The van der Waals surface area contributed by atoms with Gasteiger partial charge in [0.25, 0.3) is 5.78 Å². The quantitative estimate of drug-likeness (QED) is 0.507. The number of nitrogens with two attached hydrogens (primary N) is 1. The minimum absolute atomic E-state index is 0.417. The second-order valence-corrected chi connectivity index (χ2v) is 1.76. The first kappa shape index (κ1) is 5.10. The predicted octanol–water partition coefficient (Wildman–Crippen LogP) is -0.899. The average molecular weight is 136 g/mol. The van der Waals surface area contributed by atoms with Crippen molar-refractivity contribution in [1.82, 2.24) is 25.0 Å². The molecule has 2 heterocycles. The van der Waals surface area contributed by atoms with Crippen molar-refractivity contribution < 1.29 is 0 Å². The van der Waals surface area contributed by atoms with E-state index in [0.29, 0.717) is 11.6 Å². The number of hydrogen-bond acceptors (Lipinski definition) is 5. The van der Waals surface area contributed by atoms with Crippen molar-refractivity contribution in [2.45, 2.75) is 0 Å². The Morgan fingerprint density at radius 2 is 2.40 bits per heavy atom. The Bertz CT molecular complexity index is 351. The van der Waals surface area contributed by atoms with Gasteiger partial charge in [-0.15, -0.1) is 0 Å². The number of anilines is 1. The van der Waals surface area contributed by atoms with Gasteiger partial charge in [-0.2, -0.15) is 4.52 Å². The highest BCUT2D eigenvalue weighted by molar-refractivity contribution is 5.36. The van der Waals surface area contributed by atoms with E-state index in [1.807, 2.05) is 0 Å². The zero-order valence-electron chi connectivity index (χ0n) is 4.97. The maximum Gasteiger partial charge on any atom is 0.275 e. The van der Waals surface area contributed by atoms with Crippen LogP contribution < -0.4 is 5.73 Å². The van der Waals surface area contributed by atoms with Gasteiger partial charge in [-0.25, -0.2) is 4.98 Å². The molecule has 10 heavy (non-hydrogen) atoms. The lowest BCUT2D eigenvalue weighted by molar-refractivity contribution is 0.828. The molecule has 0 atom stereocenters. The molecular weight excluding hydrogens is 132 g/mol. The van der Waals surface area contributed by atoms with Gasteiger partial charge in [0.2, 0.25) is 0 Å². The molecule has 0 spiro atoms. The van der Waals surface area contributed by atoms with Crippen molar-refractivity contribution in [1.29, 1.82) is 0 Å². The smallest absolute Gasteiger partial charge is 0.275 e. The van der Waals surface area contributed by atoms with Gasteiger partial charge in [-0.1, -0.05) is 5.10 Å². The molecule has 0 fully saturated rings. The highest BCUT2D eigenvalue weighted by atomic mass is 15.5. The summed E-state index contributed by atoms with van der Waals surface area (Å²) in [5.74, 6) is 0.898. The Labute approximate surface area is 55.7 Å². The summed E-state index contributed by atoms with van der Waals surface area (Å²) in [6.07, 6.45) is 1.56. The number of aromatic nitrogens is 5. The van der Waals surface area contributed by atoms with Crippen molar-refractivity contribution in [2.75, 3.05) is 5.73 Å². The van der Waals surface area contributed by atoms with E-state index in [1.54, 1.807) is 12.3 Å². The summed E-state index contributed by atoms with van der Waals surface area (Å²) >= 11 is 0. The van der Waals surface area contributed by atoms with Crippen LogP contribution in [0.2, 0.25) is 0 Å². The standard InChI is InChI=1S/C4H4N6/c5-3-1-2-6-4-7-8-9-10(3)4/h1-2H,5H2. The van der Waals surface area contributed by atoms with Gasteiger partial charge in [0.15, 0.2) is 0 Å². The van der Waals surface area contributed by atoms with Crippen LogP contribution >= 0.6 is 0 Å². The van der Waals surface area contributed by atoms with Crippen molar-refractivity contribution in [2.24, 2.45) is 0 Å². The summed E-state index contributed by atoms with van der Waals surface area (Å²) in [6.45, 7) is 0. The summed E-state index contributed by atoms with van der Waals surface area (Å²) in [5, 5.41) is 10.6.